The zero-order valence-electron chi connectivity index (χ0n) is 4.97. The fourth-order valence-corrected chi connectivity index (χ4v) is 1.19. The standard InChI is InChI=1S/C4H4N4OS/c1-4(9-7-5-1)8-2-6-10-3-8/h1-2H,3H2. The molecule has 0 N–H and O–H groups in total. The molecule has 0 saturated carbocycles. The van der Waals surface area contributed by atoms with Crippen molar-refractivity contribution in [1.29, 1.82) is 0 Å². The Morgan fingerprint density at radius 3 is 3.30 bits per heavy atom. The second-order valence-corrected chi connectivity index (χ2v) is 2.43. The van der Waals surface area contributed by atoms with Gasteiger partial charge in [0, 0.05) is 5.27 Å². The van der Waals surface area contributed by atoms with E-state index in [0.29, 0.717) is 5.88 Å². The number of nitrogens with zero attached hydrogens (tertiary/aromatic N) is 4. The average Bonchev–Trinajstić information content (AvgIpc) is 2.59. The third kappa shape index (κ3) is 0.860. The molecule has 0 aromatic carbocycles. The summed E-state index contributed by atoms with van der Waals surface area (Å²) < 4.78 is 8.70. The highest BCUT2D eigenvalue weighted by Gasteiger charge is 2.11. The molecule has 0 fully saturated rings. The van der Waals surface area contributed by atoms with Crippen molar-refractivity contribution in [3.8, 4) is 0 Å². The molecule has 10 heavy (non-hydrogen) atoms. The molecule has 1 aromatic heterocycles. The molecule has 2 rings (SSSR count). The van der Waals surface area contributed by atoms with Crippen molar-refractivity contribution in [2.24, 2.45) is 4.40 Å². The molecule has 1 aliphatic heterocycles. The molecular formula is C4H4N4OS. The minimum Gasteiger partial charge on any atom is -0.318 e. The molecule has 1 aliphatic rings. The quantitative estimate of drug-likeness (QED) is 0.555. The lowest BCUT2D eigenvalue weighted by Gasteiger charge is -2.03. The first kappa shape index (κ1) is 5.72. The molecule has 0 amide bonds. The Morgan fingerprint density at radius 2 is 2.70 bits per heavy atom. The van der Waals surface area contributed by atoms with Crippen LogP contribution in [0.25, 0.3) is 0 Å². The van der Waals surface area contributed by atoms with Crippen LogP contribution in [0.5, 0.6) is 0 Å². The largest absolute Gasteiger partial charge is 0.318 e. The summed E-state index contributed by atoms with van der Waals surface area (Å²) in [5.74, 6) is 1.41. The van der Waals surface area contributed by atoms with Gasteiger partial charge in [0.25, 0.3) is 5.88 Å². The van der Waals surface area contributed by atoms with Crippen LogP contribution in [-0.4, -0.2) is 22.6 Å². The van der Waals surface area contributed by atoms with E-state index in [4.69, 9.17) is 4.52 Å². The maximum Gasteiger partial charge on any atom is 0.253 e. The Bertz CT molecular complexity index is 233. The second kappa shape index (κ2) is 2.30. The summed E-state index contributed by atoms with van der Waals surface area (Å²) in [6.07, 6.45) is 3.24. The predicted octanol–water partition coefficient (Wildman–Crippen LogP) is 0.524. The van der Waals surface area contributed by atoms with Crippen LogP contribution in [0.2, 0.25) is 0 Å². The molecule has 0 unspecified atom stereocenters. The first-order valence-electron chi connectivity index (χ1n) is 2.66. The number of anilines is 1. The van der Waals surface area contributed by atoms with Gasteiger partial charge in [0.15, 0.2) is 0 Å². The van der Waals surface area contributed by atoms with Crippen LogP contribution in [0.1, 0.15) is 0 Å². The summed E-state index contributed by atoms with van der Waals surface area (Å²) in [6.45, 7) is 0. The third-order valence-corrected chi connectivity index (χ3v) is 1.73. The van der Waals surface area contributed by atoms with Crippen LogP contribution >= 0.6 is 11.9 Å². The van der Waals surface area contributed by atoms with Crippen molar-refractivity contribution < 1.29 is 4.52 Å². The lowest BCUT2D eigenvalue weighted by atomic mass is 10.7. The van der Waals surface area contributed by atoms with Crippen LogP contribution in [0.15, 0.2) is 15.1 Å². The topological polar surface area (TPSA) is 54.5 Å². The zero-order chi connectivity index (χ0) is 6.81. The smallest absolute Gasteiger partial charge is 0.253 e. The van der Waals surface area contributed by atoms with Gasteiger partial charge in [0.1, 0.15) is 12.5 Å². The van der Waals surface area contributed by atoms with Gasteiger partial charge >= 0.3 is 0 Å². The molecule has 2 heterocycles. The van der Waals surface area contributed by atoms with E-state index in [1.165, 1.54) is 11.9 Å². The maximum atomic E-state index is 4.78. The SMILES string of the molecule is C1=NSCN1c1cnno1. The van der Waals surface area contributed by atoms with Gasteiger partial charge in [-0.15, -0.1) is 5.10 Å². The van der Waals surface area contributed by atoms with Gasteiger partial charge in [0.2, 0.25) is 0 Å². The monoisotopic (exact) mass is 156 g/mol. The summed E-state index contributed by atoms with van der Waals surface area (Å²) in [6, 6.07) is 0. The molecule has 0 atom stereocenters. The van der Waals surface area contributed by atoms with E-state index >= 15 is 0 Å². The van der Waals surface area contributed by atoms with E-state index in [9.17, 15) is 0 Å². The summed E-state index contributed by atoms with van der Waals surface area (Å²) in [7, 11) is 0. The minimum absolute atomic E-state index is 0.633. The van der Waals surface area contributed by atoms with Gasteiger partial charge in [0.05, 0.1) is 5.88 Å². The molecule has 1 aromatic rings. The lowest BCUT2D eigenvalue weighted by Crippen LogP contribution is -2.14. The number of hydrogen-bond acceptors (Lipinski definition) is 6. The summed E-state index contributed by atoms with van der Waals surface area (Å²) in [5, 5.41) is 6.87. The fourth-order valence-electron chi connectivity index (χ4n) is 0.628. The molecule has 0 saturated heterocycles. The van der Waals surface area contributed by atoms with E-state index in [-0.39, 0.29) is 0 Å². The van der Waals surface area contributed by atoms with Gasteiger partial charge in [-0.3, -0.25) is 4.90 Å². The highest BCUT2D eigenvalue weighted by Crippen LogP contribution is 2.18. The van der Waals surface area contributed by atoms with Crippen LogP contribution < -0.4 is 4.90 Å². The Balaban J connectivity index is 2.20. The molecule has 0 spiro atoms. The summed E-state index contributed by atoms with van der Waals surface area (Å²) in [4.78, 5) is 1.82. The predicted molar refractivity (Wildman–Crippen MR) is 37.7 cm³/mol. The number of rotatable bonds is 1. The van der Waals surface area contributed by atoms with Gasteiger partial charge in [-0.2, -0.15) is 0 Å². The van der Waals surface area contributed by atoms with Crippen LogP contribution in [0.4, 0.5) is 5.88 Å². The van der Waals surface area contributed by atoms with Crippen molar-refractivity contribution >= 4 is 24.2 Å². The minimum atomic E-state index is 0.633. The molecule has 0 radical (unpaired) electrons. The molecule has 52 valence electrons. The van der Waals surface area contributed by atoms with E-state index in [2.05, 4.69) is 14.8 Å². The van der Waals surface area contributed by atoms with Crippen molar-refractivity contribution in [3.05, 3.63) is 6.20 Å². The van der Waals surface area contributed by atoms with Gasteiger partial charge < -0.3 is 4.52 Å². The van der Waals surface area contributed by atoms with Gasteiger partial charge in [-0.1, -0.05) is 0 Å². The Morgan fingerprint density at radius 1 is 1.70 bits per heavy atom. The summed E-state index contributed by atoms with van der Waals surface area (Å²) >= 11 is 1.46. The molecule has 0 bridgehead atoms. The van der Waals surface area contributed by atoms with Crippen molar-refractivity contribution in [1.82, 2.24) is 10.4 Å². The first-order chi connectivity index (χ1) is 4.97. The van der Waals surface area contributed by atoms with Crippen molar-refractivity contribution in [2.45, 2.75) is 0 Å². The summed E-state index contributed by atoms with van der Waals surface area (Å²) in [5.41, 5.74) is 0. The maximum absolute atomic E-state index is 4.78. The van der Waals surface area contributed by atoms with E-state index in [1.54, 1.807) is 12.5 Å². The Kier molecular flexibility index (Phi) is 1.31. The van der Waals surface area contributed by atoms with E-state index in [0.717, 1.165) is 5.88 Å². The molecule has 5 nitrogen and oxygen atoms in total. The normalized spacial score (nSPS) is 16.6. The highest BCUT2D eigenvalue weighted by molar-refractivity contribution is 7.98. The highest BCUT2D eigenvalue weighted by atomic mass is 32.2. The van der Waals surface area contributed by atoms with E-state index < -0.39 is 0 Å². The Labute approximate surface area is 61.2 Å². The number of hydrogen-bond donors (Lipinski definition) is 0. The van der Waals surface area contributed by atoms with E-state index in [1.807, 2.05) is 4.90 Å². The number of aromatic nitrogens is 2. The third-order valence-electron chi connectivity index (χ3n) is 1.09. The Hall–Kier alpha value is -1.04. The van der Waals surface area contributed by atoms with Crippen LogP contribution in [0, 0.1) is 0 Å². The second-order valence-electron chi connectivity index (χ2n) is 1.70. The van der Waals surface area contributed by atoms with Gasteiger partial charge in [-0.25, -0.2) is 4.40 Å². The van der Waals surface area contributed by atoms with Crippen LogP contribution in [-0.2, 0) is 0 Å². The first-order valence-corrected chi connectivity index (χ1v) is 3.60. The fraction of sp³-hybridized carbons (Fsp3) is 0.250. The van der Waals surface area contributed by atoms with Crippen LogP contribution in [0.3, 0.4) is 0 Å². The zero-order valence-corrected chi connectivity index (χ0v) is 5.78. The average molecular weight is 156 g/mol. The van der Waals surface area contributed by atoms with Crippen molar-refractivity contribution in [2.75, 3.05) is 10.8 Å². The molecule has 6 heteroatoms. The molecular weight excluding hydrogens is 152 g/mol. The lowest BCUT2D eigenvalue weighted by molar-refractivity contribution is 0.400. The van der Waals surface area contributed by atoms with Gasteiger partial charge in [-0.05, 0) is 11.9 Å². The van der Waals surface area contributed by atoms with Crippen molar-refractivity contribution in [3.63, 3.8) is 0 Å². The molecule has 0 aliphatic carbocycles.